The summed E-state index contributed by atoms with van der Waals surface area (Å²) in [4.78, 5) is 23.6. The van der Waals surface area contributed by atoms with E-state index in [-0.39, 0.29) is 17.9 Å². The van der Waals surface area contributed by atoms with Crippen molar-refractivity contribution in [3.8, 4) is 0 Å². The third-order valence-corrected chi connectivity index (χ3v) is 4.25. The van der Waals surface area contributed by atoms with Crippen molar-refractivity contribution in [1.82, 2.24) is 5.32 Å². The molecule has 5 heteroatoms. The van der Waals surface area contributed by atoms with Gasteiger partial charge in [0.2, 0.25) is 0 Å². The molecule has 0 heterocycles. The number of amides is 1. The molecular formula is C16H20INO3. The Balaban J connectivity index is 2.86. The molecule has 0 aromatic heterocycles. The van der Waals surface area contributed by atoms with Crippen LogP contribution in [0.25, 0.3) is 0 Å². The first-order chi connectivity index (χ1) is 9.99. The van der Waals surface area contributed by atoms with Crippen LogP contribution in [0.15, 0.2) is 36.4 Å². The highest BCUT2D eigenvalue weighted by molar-refractivity contribution is 14.1. The molecule has 21 heavy (non-hydrogen) atoms. The summed E-state index contributed by atoms with van der Waals surface area (Å²) in [6.45, 7) is 4.07. The molecule has 1 N–H and O–H groups in total. The molecule has 0 aliphatic carbocycles. The molecule has 0 aliphatic heterocycles. The van der Waals surface area contributed by atoms with E-state index < -0.39 is 5.97 Å². The summed E-state index contributed by atoms with van der Waals surface area (Å²) in [5, 5.41) is 2.97. The molecule has 0 spiro atoms. The van der Waals surface area contributed by atoms with Crippen LogP contribution in [0.3, 0.4) is 0 Å². The first kappa shape index (κ1) is 17.7. The highest BCUT2D eigenvalue weighted by atomic mass is 127. The fourth-order valence-electron chi connectivity index (χ4n) is 1.76. The number of halogens is 1. The minimum atomic E-state index is -0.424. The normalized spacial score (nSPS) is 13.7. The van der Waals surface area contributed by atoms with E-state index in [2.05, 4.69) is 32.6 Å². The predicted octanol–water partition coefficient (Wildman–Crippen LogP) is 3.16. The number of nitrogens with one attached hydrogen (secondary N) is 1. The van der Waals surface area contributed by atoms with Gasteiger partial charge in [-0.2, -0.15) is 0 Å². The second kappa shape index (κ2) is 8.81. The van der Waals surface area contributed by atoms with Gasteiger partial charge in [0.15, 0.2) is 0 Å². The maximum Gasteiger partial charge on any atom is 0.330 e. The molecule has 0 unspecified atom stereocenters. The van der Waals surface area contributed by atoms with Gasteiger partial charge in [0.05, 0.1) is 18.7 Å². The summed E-state index contributed by atoms with van der Waals surface area (Å²) in [7, 11) is 1.33. The molecule has 114 valence electrons. The molecule has 2 atom stereocenters. The average Bonchev–Trinajstić information content (AvgIpc) is 2.50. The van der Waals surface area contributed by atoms with Crippen molar-refractivity contribution in [2.24, 2.45) is 5.92 Å². The van der Waals surface area contributed by atoms with Crippen LogP contribution in [0.1, 0.15) is 30.6 Å². The van der Waals surface area contributed by atoms with Gasteiger partial charge in [-0.3, -0.25) is 4.79 Å². The summed E-state index contributed by atoms with van der Waals surface area (Å²) in [6.07, 6.45) is 3.93. The number of carbonyl (C=O) groups is 2. The minimum Gasteiger partial charge on any atom is -0.466 e. The number of esters is 1. The Labute approximate surface area is 139 Å². The van der Waals surface area contributed by atoms with Gasteiger partial charge in [-0.05, 0) is 40.6 Å². The largest absolute Gasteiger partial charge is 0.466 e. The molecule has 0 bridgehead atoms. The number of hydrogen-bond acceptors (Lipinski definition) is 3. The molecule has 1 aromatic carbocycles. The van der Waals surface area contributed by atoms with E-state index >= 15 is 0 Å². The lowest BCUT2D eigenvalue weighted by molar-refractivity contribution is -0.134. The Kier molecular flexibility index (Phi) is 7.42. The van der Waals surface area contributed by atoms with Crippen LogP contribution in [0.5, 0.6) is 0 Å². The number of methoxy groups -OCH3 is 1. The van der Waals surface area contributed by atoms with Gasteiger partial charge in [0, 0.05) is 9.65 Å². The summed E-state index contributed by atoms with van der Waals surface area (Å²) in [5.74, 6) is -0.345. The smallest absolute Gasteiger partial charge is 0.330 e. The molecule has 0 radical (unpaired) electrons. The lowest BCUT2D eigenvalue weighted by Crippen LogP contribution is -2.38. The van der Waals surface area contributed by atoms with Crippen LogP contribution in [0.4, 0.5) is 0 Å². The molecule has 0 fully saturated rings. The predicted molar refractivity (Wildman–Crippen MR) is 91.0 cm³/mol. The Morgan fingerprint density at radius 2 is 2.05 bits per heavy atom. The zero-order valence-electron chi connectivity index (χ0n) is 12.4. The van der Waals surface area contributed by atoms with E-state index in [0.717, 1.165) is 9.99 Å². The maximum absolute atomic E-state index is 12.3. The third-order valence-electron chi connectivity index (χ3n) is 3.31. The fraction of sp³-hybridized carbons (Fsp3) is 0.375. The molecule has 4 nitrogen and oxygen atoms in total. The number of hydrogen-bond donors (Lipinski definition) is 1. The first-order valence-corrected chi connectivity index (χ1v) is 7.89. The summed E-state index contributed by atoms with van der Waals surface area (Å²) in [5.41, 5.74) is 0.637. The maximum atomic E-state index is 12.3. The highest BCUT2D eigenvalue weighted by Crippen LogP contribution is 2.14. The number of carbonyl (C=O) groups excluding carboxylic acids is 2. The Morgan fingerprint density at radius 3 is 2.62 bits per heavy atom. The van der Waals surface area contributed by atoms with Crippen LogP contribution < -0.4 is 5.32 Å². The van der Waals surface area contributed by atoms with Crippen molar-refractivity contribution >= 4 is 34.5 Å². The van der Waals surface area contributed by atoms with Crippen LogP contribution in [-0.2, 0) is 9.53 Å². The van der Waals surface area contributed by atoms with Gasteiger partial charge in [0.1, 0.15) is 0 Å². The second-order valence-corrected chi connectivity index (χ2v) is 5.91. The third kappa shape index (κ3) is 5.49. The van der Waals surface area contributed by atoms with Crippen molar-refractivity contribution in [2.45, 2.75) is 26.3 Å². The zero-order chi connectivity index (χ0) is 15.8. The molecular weight excluding hydrogens is 381 g/mol. The van der Waals surface area contributed by atoms with Crippen LogP contribution in [-0.4, -0.2) is 25.0 Å². The number of benzene rings is 1. The Bertz CT molecular complexity index is 528. The van der Waals surface area contributed by atoms with E-state index in [9.17, 15) is 9.59 Å². The Morgan fingerprint density at radius 1 is 1.38 bits per heavy atom. The van der Waals surface area contributed by atoms with E-state index in [1.165, 1.54) is 13.2 Å². The van der Waals surface area contributed by atoms with Gasteiger partial charge >= 0.3 is 5.97 Å². The standard InChI is InChI=1S/C16H20INO3/c1-4-11(2)14(9-10-15(19)21-3)18-16(20)12-7-5-6-8-13(12)17/h5-11,14H,4H2,1-3H3,(H,18,20)/t11-,14+/m0/s1. The SMILES string of the molecule is CC[C@H](C)[C@@H](C=CC(=O)OC)NC(=O)c1ccccc1I. The van der Waals surface area contributed by atoms with Crippen molar-refractivity contribution in [3.63, 3.8) is 0 Å². The van der Waals surface area contributed by atoms with Gasteiger partial charge in [-0.25, -0.2) is 4.79 Å². The van der Waals surface area contributed by atoms with Crippen LogP contribution in [0, 0.1) is 9.49 Å². The van der Waals surface area contributed by atoms with Gasteiger partial charge in [-0.15, -0.1) is 0 Å². The zero-order valence-corrected chi connectivity index (χ0v) is 14.6. The number of ether oxygens (including phenoxy) is 1. The van der Waals surface area contributed by atoms with Crippen molar-refractivity contribution in [3.05, 3.63) is 45.6 Å². The van der Waals surface area contributed by atoms with Gasteiger partial charge in [-0.1, -0.05) is 38.5 Å². The van der Waals surface area contributed by atoms with Gasteiger partial charge in [0.25, 0.3) is 5.91 Å². The van der Waals surface area contributed by atoms with E-state index in [4.69, 9.17) is 0 Å². The first-order valence-electron chi connectivity index (χ1n) is 6.81. The van der Waals surface area contributed by atoms with E-state index in [1.807, 2.05) is 32.0 Å². The van der Waals surface area contributed by atoms with Crippen molar-refractivity contribution in [2.75, 3.05) is 7.11 Å². The van der Waals surface area contributed by atoms with Crippen LogP contribution >= 0.6 is 22.6 Å². The second-order valence-electron chi connectivity index (χ2n) is 4.75. The monoisotopic (exact) mass is 401 g/mol. The minimum absolute atomic E-state index is 0.139. The molecule has 1 amide bonds. The molecule has 0 saturated carbocycles. The fourth-order valence-corrected chi connectivity index (χ4v) is 2.39. The number of rotatable bonds is 6. The molecule has 1 aromatic rings. The average molecular weight is 401 g/mol. The molecule has 1 rings (SSSR count). The lowest BCUT2D eigenvalue weighted by Gasteiger charge is -2.21. The summed E-state index contributed by atoms with van der Waals surface area (Å²) >= 11 is 2.13. The Hall–Kier alpha value is -1.37. The van der Waals surface area contributed by atoms with Crippen LogP contribution in [0.2, 0.25) is 0 Å². The lowest BCUT2D eigenvalue weighted by atomic mass is 9.98. The van der Waals surface area contributed by atoms with E-state index in [1.54, 1.807) is 12.1 Å². The quantitative estimate of drug-likeness (QED) is 0.453. The van der Waals surface area contributed by atoms with Crippen molar-refractivity contribution in [1.29, 1.82) is 0 Å². The summed E-state index contributed by atoms with van der Waals surface area (Å²) in [6, 6.07) is 7.19. The van der Waals surface area contributed by atoms with Crippen molar-refractivity contribution < 1.29 is 14.3 Å². The molecule has 0 saturated heterocycles. The highest BCUT2D eigenvalue weighted by Gasteiger charge is 2.18. The molecule has 0 aliphatic rings. The topological polar surface area (TPSA) is 55.4 Å². The van der Waals surface area contributed by atoms with E-state index in [0.29, 0.717) is 5.56 Å². The summed E-state index contributed by atoms with van der Waals surface area (Å²) < 4.78 is 5.48. The van der Waals surface area contributed by atoms with Gasteiger partial charge < -0.3 is 10.1 Å².